The van der Waals surface area contributed by atoms with Gasteiger partial charge in [0.25, 0.3) is 0 Å². The Balaban J connectivity index is 1.62. The first-order valence-electron chi connectivity index (χ1n) is 8.20. The number of nitrogens with one attached hydrogen (secondary N) is 1. The molecule has 6 nitrogen and oxygen atoms in total. The van der Waals surface area contributed by atoms with Crippen LogP contribution in [0.25, 0.3) is 11.0 Å². The third-order valence-corrected chi connectivity index (χ3v) is 3.93. The molecular formula is C19H21N3O3. The molecule has 130 valence electrons. The van der Waals surface area contributed by atoms with E-state index < -0.39 is 0 Å². The summed E-state index contributed by atoms with van der Waals surface area (Å²) in [6, 6.07) is 15.5. The largest absolute Gasteiger partial charge is 0.497 e. The van der Waals surface area contributed by atoms with Gasteiger partial charge < -0.3 is 19.4 Å². The van der Waals surface area contributed by atoms with Crippen LogP contribution in [0, 0.1) is 0 Å². The van der Waals surface area contributed by atoms with E-state index in [9.17, 15) is 4.79 Å². The molecule has 0 bridgehead atoms. The number of imidazole rings is 1. The zero-order valence-corrected chi connectivity index (χ0v) is 14.1. The Hall–Kier alpha value is -3.02. The zero-order valence-electron chi connectivity index (χ0n) is 14.1. The number of fused-ring (bicyclic) bond motifs is 1. The smallest absolute Gasteiger partial charge is 0.207 e. The van der Waals surface area contributed by atoms with Gasteiger partial charge >= 0.3 is 0 Å². The molecule has 0 fully saturated rings. The summed E-state index contributed by atoms with van der Waals surface area (Å²) < 4.78 is 13.0. The lowest BCUT2D eigenvalue weighted by Gasteiger charge is -2.10. The molecule has 1 aromatic heterocycles. The number of rotatable bonds is 9. The number of hydrogen-bond donors (Lipinski definition) is 1. The van der Waals surface area contributed by atoms with Gasteiger partial charge in [0.15, 0.2) is 0 Å². The van der Waals surface area contributed by atoms with Crippen LogP contribution < -0.4 is 14.8 Å². The minimum atomic E-state index is 0.414. The molecular weight excluding hydrogens is 318 g/mol. The highest BCUT2D eigenvalue weighted by Gasteiger charge is 2.09. The summed E-state index contributed by atoms with van der Waals surface area (Å²) in [5.41, 5.74) is 2.00. The molecule has 2 aromatic carbocycles. The number of hydrogen-bond acceptors (Lipinski definition) is 4. The fourth-order valence-electron chi connectivity index (χ4n) is 2.73. The van der Waals surface area contributed by atoms with Crippen molar-refractivity contribution in [3.05, 3.63) is 54.4 Å². The lowest BCUT2D eigenvalue weighted by Crippen LogP contribution is -2.16. The van der Waals surface area contributed by atoms with Crippen LogP contribution in [-0.4, -0.2) is 29.7 Å². The number of para-hydroxylation sites is 2. The van der Waals surface area contributed by atoms with Crippen molar-refractivity contribution in [3.8, 4) is 11.5 Å². The summed E-state index contributed by atoms with van der Waals surface area (Å²) in [7, 11) is 1.64. The molecule has 3 rings (SSSR count). The fourth-order valence-corrected chi connectivity index (χ4v) is 2.73. The third-order valence-electron chi connectivity index (χ3n) is 3.93. The predicted molar refractivity (Wildman–Crippen MR) is 95.7 cm³/mol. The van der Waals surface area contributed by atoms with Crippen molar-refractivity contribution >= 4 is 17.4 Å². The van der Waals surface area contributed by atoms with E-state index in [2.05, 4.69) is 14.9 Å². The maximum atomic E-state index is 10.6. The first kappa shape index (κ1) is 16.8. The molecule has 1 N–H and O–H groups in total. The number of ether oxygens (including phenoxy) is 2. The van der Waals surface area contributed by atoms with Gasteiger partial charge in [0, 0.05) is 6.54 Å². The van der Waals surface area contributed by atoms with Gasteiger partial charge in [0.05, 0.1) is 31.3 Å². The molecule has 0 aliphatic rings. The molecule has 0 unspecified atom stereocenters. The summed E-state index contributed by atoms with van der Waals surface area (Å²) >= 11 is 0. The van der Waals surface area contributed by atoms with Crippen molar-refractivity contribution in [3.63, 3.8) is 0 Å². The molecule has 3 aromatic rings. The van der Waals surface area contributed by atoms with Crippen molar-refractivity contribution in [2.45, 2.75) is 19.5 Å². The van der Waals surface area contributed by atoms with Crippen molar-refractivity contribution in [2.24, 2.45) is 0 Å². The van der Waals surface area contributed by atoms with Gasteiger partial charge in [-0.15, -0.1) is 0 Å². The van der Waals surface area contributed by atoms with Gasteiger partial charge in [0.1, 0.15) is 17.3 Å². The van der Waals surface area contributed by atoms with Crippen LogP contribution in [0.4, 0.5) is 0 Å². The van der Waals surface area contributed by atoms with E-state index in [1.54, 1.807) is 7.11 Å². The van der Waals surface area contributed by atoms with Crippen LogP contribution in [0.3, 0.4) is 0 Å². The Bertz CT molecular complexity index is 828. The Labute approximate surface area is 146 Å². The van der Waals surface area contributed by atoms with E-state index in [-0.39, 0.29) is 0 Å². The summed E-state index contributed by atoms with van der Waals surface area (Å²) in [6.45, 7) is 1.78. The van der Waals surface area contributed by atoms with Crippen LogP contribution in [0.1, 0.15) is 12.2 Å². The van der Waals surface area contributed by atoms with Gasteiger partial charge in [-0.2, -0.15) is 0 Å². The van der Waals surface area contributed by atoms with Crippen LogP contribution in [0.2, 0.25) is 0 Å². The van der Waals surface area contributed by atoms with Gasteiger partial charge in [-0.05, 0) is 42.8 Å². The average molecular weight is 339 g/mol. The molecule has 0 aliphatic carbocycles. The van der Waals surface area contributed by atoms with E-state index in [4.69, 9.17) is 9.47 Å². The van der Waals surface area contributed by atoms with Crippen LogP contribution in [0.15, 0.2) is 48.5 Å². The van der Waals surface area contributed by atoms with Gasteiger partial charge in [-0.3, -0.25) is 4.79 Å². The zero-order chi connectivity index (χ0) is 17.5. The second-order valence-corrected chi connectivity index (χ2v) is 5.54. The molecule has 0 spiro atoms. The number of amides is 1. The Morgan fingerprint density at radius 3 is 2.64 bits per heavy atom. The van der Waals surface area contributed by atoms with E-state index in [0.717, 1.165) is 41.3 Å². The van der Waals surface area contributed by atoms with Crippen molar-refractivity contribution < 1.29 is 14.3 Å². The molecule has 1 amide bonds. The standard InChI is InChI=1S/C19H21N3O3/c1-24-15-7-9-16(10-8-15)25-12-4-11-22-18-6-3-2-5-17(18)21-19(22)13-20-14-23/h2-3,5-10,14H,4,11-13H2,1H3,(H,20,23). The number of carbonyl (C=O) groups excluding carboxylic acids is 1. The number of carbonyl (C=O) groups is 1. The van der Waals surface area contributed by atoms with Gasteiger partial charge in [0.2, 0.25) is 6.41 Å². The lowest BCUT2D eigenvalue weighted by molar-refractivity contribution is -0.109. The topological polar surface area (TPSA) is 65.4 Å². The number of aryl methyl sites for hydroxylation is 1. The van der Waals surface area contributed by atoms with E-state index in [1.807, 2.05) is 48.5 Å². The SMILES string of the molecule is COc1ccc(OCCCn2c(CNC=O)nc3ccccc32)cc1. The molecule has 0 saturated heterocycles. The van der Waals surface area contributed by atoms with E-state index in [1.165, 1.54) is 0 Å². The molecule has 25 heavy (non-hydrogen) atoms. The Morgan fingerprint density at radius 1 is 1.12 bits per heavy atom. The van der Waals surface area contributed by atoms with Crippen molar-refractivity contribution in [1.29, 1.82) is 0 Å². The number of nitrogens with zero attached hydrogens (tertiary/aromatic N) is 2. The Kier molecular flexibility index (Phi) is 5.51. The van der Waals surface area contributed by atoms with E-state index in [0.29, 0.717) is 19.6 Å². The summed E-state index contributed by atoms with van der Waals surface area (Å²) in [6.07, 6.45) is 1.52. The number of benzene rings is 2. The first-order valence-corrected chi connectivity index (χ1v) is 8.20. The molecule has 0 atom stereocenters. The maximum absolute atomic E-state index is 10.6. The highest BCUT2D eigenvalue weighted by atomic mass is 16.5. The van der Waals surface area contributed by atoms with Crippen molar-refractivity contribution in [2.75, 3.05) is 13.7 Å². The average Bonchev–Trinajstić information content (AvgIpc) is 3.01. The minimum Gasteiger partial charge on any atom is -0.497 e. The first-order chi connectivity index (χ1) is 12.3. The fraction of sp³-hybridized carbons (Fsp3) is 0.263. The van der Waals surface area contributed by atoms with Gasteiger partial charge in [-0.1, -0.05) is 12.1 Å². The van der Waals surface area contributed by atoms with Crippen molar-refractivity contribution in [1.82, 2.24) is 14.9 Å². The normalized spacial score (nSPS) is 10.6. The quantitative estimate of drug-likeness (QED) is 0.481. The van der Waals surface area contributed by atoms with E-state index >= 15 is 0 Å². The number of methoxy groups -OCH3 is 1. The second-order valence-electron chi connectivity index (χ2n) is 5.54. The molecule has 0 radical (unpaired) electrons. The molecule has 1 heterocycles. The molecule has 6 heteroatoms. The molecule has 0 saturated carbocycles. The number of aromatic nitrogens is 2. The highest BCUT2D eigenvalue weighted by molar-refractivity contribution is 5.75. The van der Waals surface area contributed by atoms with Crippen LogP contribution in [-0.2, 0) is 17.9 Å². The molecule has 0 aliphatic heterocycles. The summed E-state index contributed by atoms with van der Waals surface area (Å²) in [4.78, 5) is 15.2. The third kappa shape index (κ3) is 4.09. The predicted octanol–water partition coefficient (Wildman–Crippen LogP) is 2.76. The highest BCUT2D eigenvalue weighted by Crippen LogP contribution is 2.18. The van der Waals surface area contributed by atoms with Crippen LogP contribution in [0.5, 0.6) is 11.5 Å². The lowest BCUT2D eigenvalue weighted by atomic mass is 10.3. The summed E-state index contributed by atoms with van der Waals surface area (Å²) in [5.74, 6) is 2.47. The minimum absolute atomic E-state index is 0.414. The Morgan fingerprint density at radius 2 is 1.88 bits per heavy atom. The maximum Gasteiger partial charge on any atom is 0.207 e. The van der Waals surface area contributed by atoms with Gasteiger partial charge in [-0.25, -0.2) is 4.98 Å². The second kappa shape index (κ2) is 8.19. The van der Waals surface area contributed by atoms with Crippen LogP contribution >= 0.6 is 0 Å². The summed E-state index contributed by atoms with van der Waals surface area (Å²) in [5, 5.41) is 2.69. The monoisotopic (exact) mass is 339 g/mol.